The van der Waals surface area contributed by atoms with Gasteiger partial charge in [0.15, 0.2) is 0 Å². The minimum atomic E-state index is -4.31. The summed E-state index contributed by atoms with van der Waals surface area (Å²) in [7, 11) is 0. The van der Waals surface area contributed by atoms with E-state index in [0.717, 1.165) is 36.0 Å². The number of hydrogen-bond donors (Lipinski definition) is 0. The Morgan fingerprint density at radius 1 is 0.933 bits per heavy atom. The minimum Gasteiger partial charge on any atom is -0.166 e. The highest BCUT2D eigenvalue weighted by molar-refractivity contribution is 5.47. The summed E-state index contributed by atoms with van der Waals surface area (Å²) in [4.78, 5) is 0. The maximum atomic E-state index is 12.7. The molecule has 2 aromatic rings. The van der Waals surface area contributed by atoms with Gasteiger partial charge in [-0.1, -0.05) is 44.1 Å². The molecule has 0 unspecified atom stereocenters. The van der Waals surface area contributed by atoms with Crippen molar-refractivity contribution in [3.8, 4) is 11.8 Å². The Morgan fingerprint density at radius 2 is 1.67 bits per heavy atom. The Bertz CT molecular complexity index is 927. The molecule has 1 fully saturated rings. The molecule has 158 valence electrons. The summed E-state index contributed by atoms with van der Waals surface area (Å²) in [5.74, 6) is 8.60. The van der Waals surface area contributed by atoms with Crippen LogP contribution in [0.1, 0.15) is 85.6 Å². The monoisotopic (exact) mass is 410 g/mol. The highest BCUT2D eigenvalue weighted by Gasteiger charge is 2.35. The van der Waals surface area contributed by atoms with Crippen LogP contribution >= 0.6 is 0 Å². The number of rotatable bonds is 3. The second kappa shape index (κ2) is 8.88. The van der Waals surface area contributed by atoms with E-state index >= 15 is 0 Å². The molecule has 4 rings (SSSR count). The predicted molar refractivity (Wildman–Crippen MR) is 115 cm³/mol. The lowest BCUT2D eigenvalue weighted by Crippen LogP contribution is -2.28. The molecule has 3 atom stereocenters. The van der Waals surface area contributed by atoms with Gasteiger partial charge in [0, 0.05) is 11.1 Å². The third-order valence-electron chi connectivity index (χ3n) is 6.95. The van der Waals surface area contributed by atoms with Crippen molar-refractivity contribution < 1.29 is 13.2 Å². The van der Waals surface area contributed by atoms with E-state index in [-0.39, 0.29) is 0 Å². The Balaban J connectivity index is 1.46. The Hall–Kier alpha value is -2.21. The maximum Gasteiger partial charge on any atom is 0.416 e. The molecular formula is C27H29F3. The van der Waals surface area contributed by atoms with E-state index in [4.69, 9.17) is 0 Å². The number of hydrogen-bond acceptors (Lipinski definition) is 0. The van der Waals surface area contributed by atoms with Gasteiger partial charge in [-0.05, 0) is 97.4 Å². The van der Waals surface area contributed by atoms with E-state index in [2.05, 4.69) is 37.0 Å². The first-order valence-electron chi connectivity index (χ1n) is 11.3. The summed E-state index contributed by atoms with van der Waals surface area (Å²) in [5, 5.41) is 0. The van der Waals surface area contributed by atoms with Crippen LogP contribution in [0.2, 0.25) is 0 Å². The zero-order valence-corrected chi connectivity index (χ0v) is 17.6. The van der Waals surface area contributed by atoms with Gasteiger partial charge in [0.2, 0.25) is 0 Å². The van der Waals surface area contributed by atoms with E-state index in [1.807, 2.05) is 0 Å². The summed E-state index contributed by atoms with van der Waals surface area (Å²) >= 11 is 0. The van der Waals surface area contributed by atoms with Crippen molar-refractivity contribution in [3.05, 3.63) is 70.3 Å². The van der Waals surface area contributed by atoms with Crippen LogP contribution in [0.3, 0.4) is 0 Å². The zero-order chi connectivity index (χ0) is 21.1. The summed E-state index contributed by atoms with van der Waals surface area (Å²) < 4.78 is 38.1. The second-order valence-corrected chi connectivity index (χ2v) is 8.97. The van der Waals surface area contributed by atoms with Crippen LogP contribution in [0, 0.1) is 23.7 Å². The van der Waals surface area contributed by atoms with Crippen LogP contribution < -0.4 is 0 Å². The Kier molecular flexibility index (Phi) is 6.23. The van der Waals surface area contributed by atoms with Gasteiger partial charge in [-0.2, -0.15) is 13.2 Å². The topological polar surface area (TPSA) is 0 Å². The van der Waals surface area contributed by atoms with Crippen molar-refractivity contribution in [2.75, 3.05) is 0 Å². The first kappa shape index (κ1) is 21.0. The molecule has 0 N–H and O–H groups in total. The Labute approximate surface area is 177 Å². The molecule has 0 spiro atoms. The van der Waals surface area contributed by atoms with Crippen molar-refractivity contribution in [1.82, 2.24) is 0 Å². The van der Waals surface area contributed by atoms with Crippen LogP contribution in [0.5, 0.6) is 0 Å². The molecule has 1 saturated carbocycles. The fourth-order valence-corrected chi connectivity index (χ4v) is 5.33. The number of fused-ring (bicyclic) bond motifs is 3. The molecule has 2 aromatic carbocycles. The van der Waals surface area contributed by atoms with Gasteiger partial charge in [-0.15, -0.1) is 0 Å². The smallest absolute Gasteiger partial charge is 0.166 e. The molecule has 0 amide bonds. The second-order valence-electron chi connectivity index (χ2n) is 8.97. The molecule has 0 aliphatic heterocycles. The van der Waals surface area contributed by atoms with Gasteiger partial charge in [0.25, 0.3) is 0 Å². The largest absolute Gasteiger partial charge is 0.416 e. The summed E-state index contributed by atoms with van der Waals surface area (Å²) in [5.41, 5.74) is 3.85. The molecular weight excluding hydrogens is 381 g/mol. The van der Waals surface area contributed by atoms with Crippen molar-refractivity contribution >= 4 is 0 Å². The molecule has 0 saturated heterocycles. The quantitative estimate of drug-likeness (QED) is 0.454. The first-order valence-corrected chi connectivity index (χ1v) is 11.3. The van der Waals surface area contributed by atoms with Gasteiger partial charge in [0.05, 0.1) is 5.56 Å². The van der Waals surface area contributed by atoms with Crippen molar-refractivity contribution in [2.45, 2.75) is 70.4 Å². The molecule has 0 nitrogen and oxygen atoms in total. The van der Waals surface area contributed by atoms with Crippen LogP contribution in [-0.2, 0) is 12.6 Å². The van der Waals surface area contributed by atoms with E-state index < -0.39 is 11.7 Å². The Morgan fingerprint density at radius 3 is 2.40 bits per heavy atom. The molecule has 2 aliphatic rings. The van der Waals surface area contributed by atoms with Gasteiger partial charge < -0.3 is 0 Å². The van der Waals surface area contributed by atoms with Crippen LogP contribution in [0.4, 0.5) is 13.2 Å². The molecule has 0 heterocycles. The van der Waals surface area contributed by atoms with Crippen LogP contribution in [-0.4, -0.2) is 0 Å². The van der Waals surface area contributed by atoms with Crippen molar-refractivity contribution in [2.24, 2.45) is 11.8 Å². The third-order valence-corrected chi connectivity index (χ3v) is 6.95. The van der Waals surface area contributed by atoms with Gasteiger partial charge in [0.1, 0.15) is 0 Å². The SMILES string of the molecule is CCCC[C@@H]1CC[C@@H]2c3ccc(C#Cc4ccc(C(F)(F)F)cc4)cc3CC[C@@H]2C1. The van der Waals surface area contributed by atoms with Crippen LogP contribution in [0.25, 0.3) is 0 Å². The standard InChI is InChI=1S/C27H29F3/c1-2-3-4-20-9-15-25-22(17-20)11-12-23-18-21(10-16-26(23)25)6-5-19-7-13-24(14-8-19)27(28,29)30/h7-8,10,13-14,16,18,20,22,25H,2-4,9,11-12,15,17H2,1H3/t20-,22-,25+/m1/s1. The van der Waals surface area contributed by atoms with Gasteiger partial charge >= 0.3 is 6.18 Å². The maximum absolute atomic E-state index is 12.7. The molecule has 30 heavy (non-hydrogen) atoms. The number of unbranched alkanes of at least 4 members (excludes halogenated alkanes) is 1. The zero-order valence-electron chi connectivity index (χ0n) is 17.6. The lowest BCUT2D eigenvalue weighted by Gasteiger charge is -2.40. The van der Waals surface area contributed by atoms with E-state index in [9.17, 15) is 13.2 Å². The number of alkyl halides is 3. The van der Waals surface area contributed by atoms with Crippen molar-refractivity contribution in [1.29, 1.82) is 0 Å². The third kappa shape index (κ3) is 4.75. The van der Waals surface area contributed by atoms with Crippen molar-refractivity contribution in [3.63, 3.8) is 0 Å². The highest BCUT2D eigenvalue weighted by atomic mass is 19.4. The molecule has 2 aliphatic carbocycles. The van der Waals surface area contributed by atoms with E-state index in [1.165, 1.54) is 68.2 Å². The molecule has 0 bridgehead atoms. The molecule has 3 heteroatoms. The lowest BCUT2D eigenvalue weighted by molar-refractivity contribution is -0.137. The van der Waals surface area contributed by atoms with Gasteiger partial charge in [-0.3, -0.25) is 0 Å². The minimum absolute atomic E-state index is 0.603. The molecule has 0 aromatic heterocycles. The average molecular weight is 411 g/mol. The molecule has 0 radical (unpaired) electrons. The van der Waals surface area contributed by atoms with E-state index in [0.29, 0.717) is 11.5 Å². The van der Waals surface area contributed by atoms with Crippen LogP contribution in [0.15, 0.2) is 42.5 Å². The number of aryl methyl sites for hydroxylation is 1. The normalized spacial score (nSPS) is 23.1. The summed E-state index contributed by atoms with van der Waals surface area (Å²) in [6.07, 6.45) is 6.19. The first-order chi connectivity index (χ1) is 14.4. The fraction of sp³-hybridized carbons (Fsp3) is 0.481. The van der Waals surface area contributed by atoms with Gasteiger partial charge in [-0.25, -0.2) is 0 Å². The highest BCUT2D eigenvalue weighted by Crippen LogP contribution is 2.48. The average Bonchev–Trinajstić information content (AvgIpc) is 2.75. The fourth-order valence-electron chi connectivity index (χ4n) is 5.33. The summed E-state index contributed by atoms with van der Waals surface area (Å²) in [6, 6.07) is 11.6. The number of halogens is 3. The van der Waals surface area contributed by atoms with E-state index in [1.54, 1.807) is 0 Å². The number of benzene rings is 2. The summed E-state index contributed by atoms with van der Waals surface area (Å²) in [6.45, 7) is 2.28. The predicted octanol–water partition coefficient (Wildman–Crippen LogP) is 7.74. The lowest BCUT2D eigenvalue weighted by atomic mass is 9.64.